The van der Waals surface area contributed by atoms with E-state index in [1.54, 1.807) is 6.33 Å². The molecule has 1 aliphatic heterocycles. The lowest BCUT2D eigenvalue weighted by Gasteiger charge is -2.34. The summed E-state index contributed by atoms with van der Waals surface area (Å²) in [5, 5.41) is 0. The molecule has 9 heteroatoms. The molecular weight excluding hydrogens is 512 g/mol. The van der Waals surface area contributed by atoms with Crippen LogP contribution in [0.3, 0.4) is 0 Å². The highest BCUT2D eigenvalue weighted by atomic mass is 32.2. The average Bonchev–Trinajstić information content (AvgIpc) is 3.57. The average molecular weight is 551 g/mol. The van der Waals surface area contributed by atoms with Gasteiger partial charge in [0.25, 0.3) is 0 Å². The van der Waals surface area contributed by atoms with E-state index >= 15 is 0 Å². The predicted molar refractivity (Wildman–Crippen MR) is 158 cm³/mol. The number of thioether (sulfide) groups is 2. The Morgan fingerprint density at radius 2 is 1.76 bits per heavy atom. The fourth-order valence-corrected chi connectivity index (χ4v) is 6.87. The molecule has 0 saturated carbocycles. The van der Waals surface area contributed by atoms with Crippen molar-refractivity contribution in [3.05, 3.63) is 71.7 Å². The fourth-order valence-electron chi connectivity index (χ4n) is 4.83. The number of piperazine rings is 1. The second-order valence-corrected chi connectivity index (χ2v) is 12.3. The number of aromatic amines is 1. The van der Waals surface area contributed by atoms with Crippen LogP contribution >= 0.6 is 23.5 Å². The molecule has 0 aliphatic carbocycles. The van der Waals surface area contributed by atoms with E-state index in [4.69, 9.17) is 9.40 Å². The minimum Gasteiger partial charge on any atom is -0.463 e. The number of fused-ring (bicyclic) bond motifs is 1. The van der Waals surface area contributed by atoms with Gasteiger partial charge in [0.2, 0.25) is 0 Å². The van der Waals surface area contributed by atoms with E-state index in [0.29, 0.717) is 0 Å². The number of benzene rings is 1. The minimum atomic E-state index is 0.853. The largest absolute Gasteiger partial charge is 0.463 e. The lowest BCUT2D eigenvalue weighted by Crippen LogP contribution is -2.46. The van der Waals surface area contributed by atoms with Crippen LogP contribution in [0.5, 0.6) is 0 Å². The van der Waals surface area contributed by atoms with Gasteiger partial charge in [-0.1, -0.05) is 6.07 Å². The summed E-state index contributed by atoms with van der Waals surface area (Å²) in [7, 11) is 4.14. The second kappa shape index (κ2) is 13.2. The number of imidazole rings is 1. The molecule has 0 radical (unpaired) electrons. The zero-order valence-corrected chi connectivity index (χ0v) is 24.3. The van der Waals surface area contributed by atoms with Gasteiger partial charge in [-0.2, -0.15) is 0 Å². The number of nitrogens with zero attached hydrogens (tertiary/aromatic N) is 5. The molecule has 38 heavy (non-hydrogen) atoms. The molecule has 0 bridgehead atoms. The molecule has 1 N–H and O–H groups in total. The first-order valence-electron chi connectivity index (χ1n) is 13.3. The maximum absolute atomic E-state index is 6.01. The quantitative estimate of drug-likeness (QED) is 0.183. The zero-order valence-electron chi connectivity index (χ0n) is 22.7. The summed E-state index contributed by atoms with van der Waals surface area (Å²) in [6, 6.07) is 12.7. The van der Waals surface area contributed by atoms with Gasteiger partial charge in [-0.3, -0.25) is 9.88 Å². The lowest BCUT2D eigenvalue weighted by molar-refractivity contribution is 0.120. The molecule has 1 aromatic carbocycles. The molecule has 0 spiro atoms. The van der Waals surface area contributed by atoms with Crippen molar-refractivity contribution in [1.29, 1.82) is 0 Å². The van der Waals surface area contributed by atoms with Crippen LogP contribution < -0.4 is 0 Å². The summed E-state index contributed by atoms with van der Waals surface area (Å²) in [5.74, 6) is 4.11. The van der Waals surface area contributed by atoms with Crippen LogP contribution in [0.2, 0.25) is 0 Å². The highest BCUT2D eigenvalue weighted by Crippen LogP contribution is 2.31. The van der Waals surface area contributed by atoms with E-state index in [1.165, 1.54) is 21.8 Å². The van der Waals surface area contributed by atoms with Gasteiger partial charge in [0.1, 0.15) is 17.0 Å². The summed E-state index contributed by atoms with van der Waals surface area (Å²) in [5.41, 5.74) is 4.59. The van der Waals surface area contributed by atoms with Crippen molar-refractivity contribution < 1.29 is 4.42 Å². The van der Waals surface area contributed by atoms with E-state index in [2.05, 4.69) is 82.1 Å². The Labute approximate surface area is 234 Å². The van der Waals surface area contributed by atoms with Gasteiger partial charge in [0, 0.05) is 47.9 Å². The van der Waals surface area contributed by atoms with Crippen LogP contribution in [0, 0.1) is 6.92 Å². The summed E-state index contributed by atoms with van der Waals surface area (Å²) in [6.45, 7) is 9.62. The van der Waals surface area contributed by atoms with Crippen LogP contribution in [0.25, 0.3) is 11.0 Å². The molecule has 1 aliphatic rings. The Hall–Kier alpha value is -2.30. The lowest BCUT2D eigenvalue weighted by atomic mass is 10.2. The van der Waals surface area contributed by atoms with E-state index in [9.17, 15) is 0 Å². The van der Waals surface area contributed by atoms with E-state index in [-0.39, 0.29) is 0 Å². The van der Waals surface area contributed by atoms with Crippen LogP contribution in [-0.4, -0.2) is 82.2 Å². The third kappa shape index (κ3) is 7.21. The third-order valence-electron chi connectivity index (χ3n) is 6.95. The Bertz CT molecular complexity index is 1310. The molecule has 0 unspecified atom stereocenters. The SMILES string of the molecule is Cc1c(SCCCN2CCN(Cc3ccc(CN(C)C)o3)CC2)ccnc1CSc1cccc2[nH]cnc12. The summed E-state index contributed by atoms with van der Waals surface area (Å²) >= 11 is 3.77. The fraction of sp³-hybridized carbons (Fsp3) is 0.448. The Kier molecular flexibility index (Phi) is 9.45. The standard InChI is InChI=1S/C29H38N6OS2/c1-22-26(20-38-28-7-4-6-25-29(28)32-21-31-25)30-11-10-27(22)37-17-5-12-34-13-15-35(16-14-34)19-24-9-8-23(36-24)18-33(2)3/h4,6-11,21H,5,12-20H2,1-3H3,(H,31,32). The summed E-state index contributed by atoms with van der Waals surface area (Å²) < 4.78 is 6.01. The number of para-hydroxylation sites is 1. The zero-order chi connectivity index (χ0) is 26.3. The predicted octanol–water partition coefficient (Wildman–Crippen LogP) is 5.51. The van der Waals surface area contributed by atoms with Crippen molar-refractivity contribution in [3.63, 3.8) is 0 Å². The molecule has 1 fully saturated rings. The van der Waals surface area contributed by atoms with Gasteiger partial charge in [-0.15, -0.1) is 23.5 Å². The highest BCUT2D eigenvalue weighted by molar-refractivity contribution is 7.99. The van der Waals surface area contributed by atoms with Crippen LogP contribution in [0.4, 0.5) is 0 Å². The number of pyridine rings is 1. The smallest absolute Gasteiger partial charge is 0.118 e. The highest BCUT2D eigenvalue weighted by Gasteiger charge is 2.18. The first-order chi connectivity index (χ1) is 18.5. The number of H-pyrrole nitrogens is 1. The van der Waals surface area contributed by atoms with Crippen molar-refractivity contribution in [1.82, 2.24) is 29.7 Å². The van der Waals surface area contributed by atoms with Crippen LogP contribution in [0.15, 0.2) is 63.1 Å². The Morgan fingerprint density at radius 3 is 2.61 bits per heavy atom. The number of rotatable bonds is 12. The second-order valence-electron chi connectivity index (χ2n) is 10.1. The van der Waals surface area contributed by atoms with Gasteiger partial charge in [-0.05, 0) is 75.6 Å². The molecular formula is C29H38N6OS2. The molecule has 0 amide bonds. The van der Waals surface area contributed by atoms with Crippen molar-refractivity contribution in [2.45, 2.75) is 42.0 Å². The van der Waals surface area contributed by atoms with Crippen molar-refractivity contribution in [2.24, 2.45) is 0 Å². The summed E-state index contributed by atoms with van der Waals surface area (Å²) in [6.07, 6.45) is 4.92. The Morgan fingerprint density at radius 1 is 0.947 bits per heavy atom. The number of hydrogen-bond acceptors (Lipinski definition) is 8. The molecule has 0 atom stereocenters. The molecule has 4 heterocycles. The maximum Gasteiger partial charge on any atom is 0.118 e. The van der Waals surface area contributed by atoms with Gasteiger partial charge in [0.05, 0.1) is 30.6 Å². The normalized spacial score (nSPS) is 15.2. The number of aromatic nitrogens is 3. The first-order valence-corrected chi connectivity index (χ1v) is 15.3. The van der Waals surface area contributed by atoms with Gasteiger partial charge >= 0.3 is 0 Å². The van der Waals surface area contributed by atoms with Crippen molar-refractivity contribution in [3.8, 4) is 0 Å². The monoisotopic (exact) mass is 550 g/mol. The Balaban J connectivity index is 1.03. The number of furan rings is 1. The summed E-state index contributed by atoms with van der Waals surface area (Å²) in [4.78, 5) is 22.2. The molecule has 202 valence electrons. The van der Waals surface area contributed by atoms with Gasteiger partial charge in [-0.25, -0.2) is 4.98 Å². The minimum absolute atomic E-state index is 0.853. The molecule has 7 nitrogen and oxygen atoms in total. The van der Waals surface area contributed by atoms with Crippen molar-refractivity contribution >= 4 is 34.6 Å². The van der Waals surface area contributed by atoms with Crippen molar-refractivity contribution in [2.75, 3.05) is 52.6 Å². The molecule has 1 saturated heterocycles. The maximum atomic E-state index is 6.01. The van der Waals surface area contributed by atoms with Crippen LogP contribution in [0.1, 0.15) is 29.2 Å². The van der Waals surface area contributed by atoms with Gasteiger partial charge in [0.15, 0.2) is 0 Å². The molecule has 3 aromatic heterocycles. The first kappa shape index (κ1) is 27.3. The van der Waals surface area contributed by atoms with E-state index in [1.807, 2.05) is 29.7 Å². The third-order valence-corrected chi connectivity index (χ3v) is 9.25. The topological polar surface area (TPSA) is 64.4 Å². The molecule has 4 aromatic rings. The number of nitrogens with one attached hydrogen (secondary N) is 1. The number of hydrogen-bond donors (Lipinski definition) is 1. The molecule has 5 rings (SSSR count). The van der Waals surface area contributed by atoms with Gasteiger partial charge < -0.3 is 19.2 Å². The van der Waals surface area contributed by atoms with E-state index < -0.39 is 0 Å². The van der Waals surface area contributed by atoms with Crippen LogP contribution in [-0.2, 0) is 18.8 Å². The van der Waals surface area contributed by atoms with E-state index in [0.717, 1.165) is 85.6 Å².